The third-order valence-corrected chi connectivity index (χ3v) is 4.81. The fraction of sp³-hybridized carbons (Fsp3) is 0.300. The lowest BCUT2D eigenvalue weighted by molar-refractivity contribution is -0.159. The number of piperazine rings is 1. The maximum absolute atomic E-state index is 12.9. The number of pyridine rings is 1. The zero-order valence-corrected chi connectivity index (χ0v) is 16.5. The fourth-order valence-electron chi connectivity index (χ4n) is 3.11. The van der Waals surface area contributed by atoms with Crippen LogP contribution in [-0.2, 0) is 11.0 Å². The van der Waals surface area contributed by atoms with Gasteiger partial charge in [-0.3, -0.25) is 4.79 Å². The van der Waals surface area contributed by atoms with E-state index in [-0.39, 0.29) is 24.2 Å². The number of nitrogens with zero attached hydrogens (tertiary/aromatic N) is 5. The molecule has 32 heavy (non-hydrogen) atoms. The Bertz CT molecular complexity index is 1060. The normalized spacial score (nSPS) is 14.5. The van der Waals surface area contributed by atoms with Gasteiger partial charge in [0, 0.05) is 37.9 Å². The van der Waals surface area contributed by atoms with Crippen molar-refractivity contribution in [2.24, 2.45) is 0 Å². The van der Waals surface area contributed by atoms with Crippen molar-refractivity contribution < 1.29 is 31.6 Å². The highest BCUT2D eigenvalue weighted by Gasteiger charge is 2.38. The smallest absolute Gasteiger partial charge is 0.471 e. The van der Waals surface area contributed by atoms with Crippen LogP contribution in [0.25, 0.3) is 11.4 Å². The molecule has 1 aliphatic rings. The van der Waals surface area contributed by atoms with E-state index in [4.69, 9.17) is 4.74 Å². The van der Waals surface area contributed by atoms with Gasteiger partial charge in [-0.15, -0.1) is 0 Å². The summed E-state index contributed by atoms with van der Waals surface area (Å²) in [6, 6.07) is 8.62. The second-order valence-electron chi connectivity index (χ2n) is 6.94. The molecule has 3 aromatic rings. The summed E-state index contributed by atoms with van der Waals surface area (Å²) in [5.74, 6) is -1.16. The number of amides is 1. The molecular weight excluding hydrogens is 434 g/mol. The van der Waals surface area contributed by atoms with Crippen molar-refractivity contribution in [1.82, 2.24) is 20.0 Å². The van der Waals surface area contributed by atoms with E-state index in [9.17, 15) is 22.4 Å². The molecular formula is C20H17F4N5O3. The number of rotatable bonds is 5. The molecule has 1 saturated heterocycles. The summed E-state index contributed by atoms with van der Waals surface area (Å²) in [5.41, 5.74) is 0.291. The van der Waals surface area contributed by atoms with Crippen LogP contribution < -0.4 is 9.64 Å². The van der Waals surface area contributed by atoms with Crippen molar-refractivity contribution >= 4 is 11.7 Å². The first-order valence-corrected chi connectivity index (χ1v) is 9.58. The van der Waals surface area contributed by atoms with Crippen LogP contribution in [-0.4, -0.2) is 58.7 Å². The first-order valence-electron chi connectivity index (χ1n) is 9.58. The Kier molecular flexibility index (Phi) is 5.93. The summed E-state index contributed by atoms with van der Waals surface area (Å²) in [4.78, 5) is 23.6. The molecule has 0 atom stereocenters. The Hall–Kier alpha value is -3.70. The van der Waals surface area contributed by atoms with Crippen LogP contribution in [0.2, 0.25) is 0 Å². The summed E-state index contributed by atoms with van der Waals surface area (Å²) >= 11 is 0. The quantitative estimate of drug-likeness (QED) is 0.552. The van der Waals surface area contributed by atoms with E-state index >= 15 is 0 Å². The average molecular weight is 451 g/mol. The van der Waals surface area contributed by atoms with E-state index in [1.54, 1.807) is 17.0 Å². The molecule has 168 valence electrons. The van der Waals surface area contributed by atoms with Crippen molar-refractivity contribution in [1.29, 1.82) is 0 Å². The van der Waals surface area contributed by atoms with Crippen molar-refractivity contribution in [3.8, 4) is 17.1 Å². The number of aromatic nitrogens is 3. The third-order valence-electron chi connectivity index (χ3n) is 4.81. The number of hydrogen-bond acceptors (Lipinski definition) is 7. The van der Waals surface area contributed by atoms with Crippen LogP contribution in [0.3, 0.4) is 0 Å². The Labute approximate surface area is 179 Å². The van der Waals surface area contributed by atoms with E-state index in [0.717, 1.165) is 0 Å². The van der Waals surface area contributed by atoms with Crippen molar-refractivity contribution in [3.05, 3.63) is 54.3 Å². The molecule has 0 saturated carbocycles. The molecule has 1 aromatic carbocycles. The maximum Gasteiger partial charge on any atom is 0.471 e. The lowest BCUT2D eigenvalue weighted by atomic mass is 10.2. The van der Waals surface area contributed by atoms with Crippen LogP contribution in [0.5, 0.6) is 5.75 Å². The topological polar surface area (TPSA) is 84.6 Å². The van der Waals surface area contributed by atoms with Gasteiger partial charge in [-0.25, -0.2) is 9.37 Å². The van der Waals surface area contributed by atoms with Gasteiger partial charge in [0.25, 0.3) is 5.91 Å². The fourth-order valence-corrected chi connectivity index (χ4v) is 3.11. The molecule has 0 radical (unpaired) electrons. The Morgan fingerprint density at radius 2 is 1.78 bits per heavy atom. The number of ether oxygens (including phenoxy) is 1. The standard InChI is InChI=1S/C20H17F4N5O3/c21-14-2-4-15(5-3-14)31-12-17(30)29-9-7-28(8-10-29)16-6-1-13(11-25-16)18-26-19(32-27-18)20(22,23)24/h1-6,11H,7-10,12H2. The van der Waals surface area contributed by atoms with Gasteiger partial charge in [-0.2, -0.15) is 18.2 Å². The highest BCUT2D eigenvalue weighted by atomic mass is 19.4. The molecule has 1 amide bonds. The van der Waals surface area contributed by atoms with Gasteiger partial charge in [0.2, 0.25) is 5.82 Å². The Balaban J connectivity index is 1.29. The lowest BCUT2D eigenvalue weighted by Gasteiger charge is -2.35. The molecule has 0 bridgehead atoms. The molecule has 4 rings (SSSR count). The predicted octanol–water partition coefficient (Wildman–Crippen LogP) is 3.02. The van der Waals surface area contributed by atoms with Crippen molar-refractivity contribution in [3.63, 3.8) is 0 Å². The summed E-state index contributed by atoms with van der Waals surface area (Å²) in [7, 11) is 0. The van der Waals surface area contributed by atoms with Gasteiger partial charge in [0.1, 0.15) is 17.4 Å². The van der Waals surface area contributed by atoms with Gasteiger partial charge >= 0.3 is 12.1 Å². The SMILES string of the molecule is O=C(COc1ccc(F)cc1)N1CCN(c2ccc(-c3noc(C(F)(F)F)n3)cn2)CC1. The summed E-state index contributed by atoms with van der Waals surface area (Å²) in [6.07, 6.45) is -3.34. The van der Waals surface area contributed by atoms with E-state index in [1.165, 1.54) is 30.5 Å². The number of halogens is 4. The zero-order valence-electron chi connectivity index (χ0n) is 16.5. The average Bonchev–Trinajstić information content (AvgIpc) is 3.30. The van der Waals surface area contributed by atoms with E-state index in [2.05, 4.69) is 19.6 Å². The van der Waals surface area contributed by atoms with Crippen LogP contribution in [0.4, 0.5) is 23.4 Å². The number of carbonyl (C=O) groups excluding carboxylic acids is 1. The van der Waals surface area contributed by atoms with Gasteiger partial charge in [-0.05, 0) is 36.4 Å². The molecule has 0 unspecified atom stereocenters. The van der Waals surface area contributed by atoms with Crippen LogP contribution in [0.1, 0.15) is 5.89 Å². The third kappa shape index (κ3) is 4.95. The van der Waals surface area contributed by atoms with Crippen LogP contribution in [0, 0.1) is 5.82 Å². The van der Waals surface area contributed by atoms with Crippen molar-refractivity contribution in [2.75, 3.05) is 37.7 Å². The van der Waals surface area contributed by atoms with Gasteiger partial charge in [0.15, 0.2) is 6.61 Å². The second-order valence-corrected chi connectivity index (χ2v) is 6.94. The minimum absolute atomic E-state index is 0.150. The number of hydrogen-bond donors (Lipinski definition) is 0. The number of alkyl halides is 3. The van der Waals surface area contributed by atoms with Crippen LogP contribution in [0.15, 0.2) is 47.1 Å². The van der Waals surface area contributed by atoms with E-state index < -0.39 is 12.1 Å². The molecule has 1 aliphatic heterocycles. The number of carbonyl (C=O) groups is 1. The minimum atomic E-state index is -4.71. The van der Waals surface area contributed by atoms with Crippen molar-refractivity contribution in [2.45, 2.75) is 6.18 Å². The molecule has 8 nitrogen and oxygen atoms in total. The van der Waals surface area contributed by atoms with Crippen LogP contribution >= 0.6 is 0 Å². The zero-order chi connectivity index (χ0) is 22.7. The van der Waals surface area contributed by atoms with Gasteiger partial charge in [0.05, 0.1) is 0 Å². The van der Waals surface area contributed by atoms with E-state index in [1.807, 2.05) is 4.90 Å². The first kappa shape index (κ1) is 21.5. The maximum atomic E-state index is 12.9. The Morgan fingerprint density at radius 3 is 2.38 bits per heavy atom. The highest BCUT2D eigenvalue weighted by Crippen LogP contribution is 2.29. The van der Waals surface area contributed by atoms with Gasteiger partial charge in [-0.1, -0.05) is 5.16 Å². The molecule has 0 aliphatic carbocycles. The minimum Gasteiger partial charge on any atom is -0.484 e. The van der Waals surface area contributed by atoms with Gasteiger partial charge < -0.3 is 19.1 Å². The Morgan fingerprint density at radius 1 is 1.06 bits per heavy atom. The first-order chi connectivity index (χ1) is 15.3. The van der Waals surface area contributed by atoms with E-state index in [0.29, 0.717) is 43.3 Å². The molecule has 3 heterocycles. The highest BCUT2D eigenvalue weighted by molar-refractivity contribution is 5.78. The molecule has 12 heteroatoms. The number of anilines is 1. The lowest BCUT2D eigenvalue weighted by Crippen LogP contribution is -2.50. The summed E-state index contributed by atoms with van der Waals surface area (Å²) in [5, 5.41) is 3.33. The summed E-state index contributed by atoms with van der Waals surface area (Å²) in [6.45, 7) is 1.80. The largest absolute Gasteiger partial charge is 0.484 e. The second kappa shape index (κ2) is 8.81. The number of benzene rings is 1. The molecule has 0 N–H and O–H groups in total. The molecule has 2 aromatic heterocycles. The molecule has 1 fully saturated rings. The monoisotopic (exact) mass is 451 g/mol. The predicted molar refractivity (Wildman–Crippen MR) is 103 cm³/mol. The summed E-state index contributed by atoms with van der Waals surface area (Å²) < 4.78 is 60.3. The molecule has 0 spiro atoms.